The van der Waals surface area contributed by atoms with Crippen molar-refractivity contribution in [2.24, 2.45) is 5.92 Å². The number of nitrogens with one attached hydrogen (secondary N) is 1. The Morgan fingerprint density at radius 2 is 1.86 bits per heavy atom. The van der Waals surface area contributed by atoms with Gasteiger partial charge in [-0.1, -0.05) is 12.1 Å². The minimum Gasteiger partial charge on any atom is -0.368 e. The number of rotatable bonds is 3. The zero-order valence-corrected chi connectivity index (χ0v) is 13.9. The summed E-state index contributed by atoms with van der Waals surface area (Å²) in [5.74, 6) is 0.709. The second-order valence-corrected chi connectivity index (χ2v) is 6.77. The quantitative estimate of drug-likeness (QED) is 0.931. The van der Waals surface area contributed by atoms with Gasteiger partial charge in [0.05, 0.1) is 0 Å². The van der Waals surface area contributed by atoms with E-state index in [0.717, 1.165) is 26.2 Å². The fourth-order valence-corrected chi connectivity index (χ4v) is 3.23. The maximum Gasteiger partial charge on any atom is 0.317 e. The van der Waals surface area contributed by atoms with Gasteiger partial charge in [0.25, 0.3) is 0 Å². The maximum atomic E-state index is 12.3. The first kappa shape index (κ1) is 15.2. The summed E-state index contributed by atoms with van der Waals surface area (Å²) in [7, 11) is 0. The van der Waals surface area contributed by atoms with E-state index in [1.54, 1.807) is 0 Å². The topological polar surface area (TPSA) is 35.6 Å². The Morgan fingerprint density at radius 3 is 2.50 bits per heavy atom. The van der Waals surface area contributed by atoms with Crippen LogP contribution in [0, 0.1) is 19.8 Å². The van der Waals surface area contributed by atoms with Crippen molar-refractivity contribution in [2.45, 2.75) is 39.7 Å². The molecule has 0 radical (unpaired) electrons. The number of anilines is 1. The zero-order chi connectivity index (χ0) is 15.7. The van der Waals surface area contributed by atoms with Gasteiger partial charge in [0.1, 0.15) is 0 Å². The van der Waals surface area contributed by atoms with Crippen molar-refractivity contribution < 1.29 is 4.79 Å². The molecule has 4 heteroatoms. The highest BCUT2D eigenvalue weighted by Gasteiger charge is 2.30. The van der Waals surface area contributed by atoms with Crippen molar-refractivity contribution in [2.75, 3.05) is 31.1 Å². The molecule has 22 heavy (non-hydrogen) atoms. The Labute approximate surface area is 133 Å². The lowest BCUT2D eigenvalue weighted by atomic mass is 10.1. The van der Waals surface area contributed by atoms with E-state index in [0.29, 0.717) is 12.0 Å². The minimum atomic E-state index is 0.111. The average molecular weight is 301 g/mol. The van der Waals surface area contributed by atoms with Crippen molar-refractivity contribution in [3.63, 3.8) is 0 Å². The molecule has 1 aliphatic heterocycles. The molecule has 1 aliphatic carbocycles. The third-order valence-electron chi connectivity index (χ3n) is 5.16. The van der Waals surface area contributed by atoms with Crippen LogP contribution >= 0.6 is 0 Å². The highest BCUT2D eigenvalue weighted by Crippen LogP contribution is 2.32. The molecule has 1 N–H and O–H groups in total. The van der Waals surface area contributed by atoms with Crippen LogP contribution in [0.2, 0.25) is 0 Å². The highest BCUT2D eigenvalue weighted by molar-refractivity contribution is 5.75. The van der Waals surface area contributed by atoms with E-state index in [-0.39, 0.29) is 6.03 Å². The lowest BCUT2D eigenvalue weighted by Crippen LogP contribution is -2.53. The van der Waals surface area contributed by atoms with Gasteiger partial charge in [0, 0.05) is 37.9 Å². The van der Waals surface area contributed by atoms with Crippen molar-refractivity contribution in [1.29, 1.82) is 0 Å². The number of carbonyl (C=O) groups excluding carboxylic acids is 1. The molecule has 2 amide bonds. The van der Waals surface area contributed by atoms with Crippen LogP contribution in [0.1, 0.15) is 30.9 Å². The highest BCUT2D eigenvalue weighted by atomic mass is 16.2. The second-order valence-electron chi connectivity index (χ2n) is 6.77. The zero-order valence-electron chi connectivity index (χ0n) is 13.9. The number of urea groups is 1. The summed E-state index contributed by atoms with van der Waals surface area (Å²) in [6.07, 6.45) is 2.53. The molecule has 0 bridgehead atoms. The first-order valence-electron chi connectivity index (χ1n) is 8.43. The van der Waals surface area contributed by atoms with Gasteiger partial charge in [0.15, 0.2) is 0 Å². The normalized spacial score (nSPS) is 20.0. The first-order chi connectivity index (χ1) is 10.6. The molecule has 1 saturated carbocycles. The molecule has 1 heterocycles. The van der Waals surface area contributed by atoms with Crippen molar-refractivity contribution >= 4 is 11.7 Å². The molecule has 0 aromatic heterocycles. The molecular formula is C18H27N3O. The molecule has 3 rings (SSSR count). The molecule has 2 fully saturated rings. The Bertz CT molecular complexity index is 545. The van der Waals surface area contributed by atoms with Gasteiger partial charge in [-0.05, 0) is 56.7 Å². The standard InChI is InChI=1S/C18H27N3O/c1-13-5-4-6-17(14(13)2)20-9-11-21(12-10-20)18(22)19-15(3)16-7-8-16/h4-6,15-16H,7-12H2,1-3H3,(H,19,22)/t15-/m0/s1. The summed E-state index contributed by atoms with van der Waals surface area (Å²) >= 11 is 0. The number of nitrogens with zero attached hydrogens (tertiary/aromatic N) is 2. The van der Waals surface area contributed by atoms with Crippen LogP contribution in [0.3, 0.4) is 0 Å². The lowest BCUT2D eigenvalue weighted by molar-refractivity contribution is 0.190. The van der Waals surface area contributed by atoms with Gasteiger partial charge in [-0.2, -0.15) is 0 Å². The lowest BCUT2D eigenvalue weighted by Gasteiger charge is -2.37. The van der Waals surface area contributed by atoms with Crippen molar-refractivity contribution in [3.05, 3.63) is 29.3 Å². The molecular weight excluding hydrogens is 274 g/mol. The van der Waals surface area contributed by atoms with Crippen LogP contribution in [0.4, 0.5) is 10.5 Å². The average Bonchev–Trinajstić information content (AvgIpc) is 3.35. The van der Waals surface area contributed by atoms with Crippen LogP contribution in [-0.4, -0.2) is 43.2 Å². The van der Waals surface area contributed by atoms with Crippen LogP contribution in [0.5, 0.6) is 0 Å². The van der Waals surface area contributed by atoms with E-state index in [9.17, 15) is 4.79 Å². The number of carbonyl (C=O) groups is 1. The van der Waals surface area contributed by atoms with Crippen LogP contribution < -0.4 is 10.2 Å². The molecule has 1 atom stereocenters. The third-order valence-corrected chi connectivity index (χ3v) is 5.16. The van der Waals surface area contributed by atoms with Gasteiger partial charge >= 0.3 is 6.03 Å². The van der Waals surface area contributed by atoms with Crippen molar-refractivity contribution in [1.82, 2.24) is 10.2 Å². The molecule has 1 aromatic rings. The van der Waals surface area contributed by atoms with Gasteiger partial charge in [-0.3, -0.25) is 0 Å². The smallest absolute Gasteiger partial charge is 0.317 e. The summed E-state index contributed by atoms with van der Waals surface area (Å²) in [5.41, 5.74) is 3.99. The van der Waals surface area contributed by atoms with E-state index in [1.165, 1.54) is 29.7 Å². The number of amides is 2. The Kier molecular flexibility index (Phi) is 4.27. The minimum absolute atomic E-state index is 0.111. The van der Waals surface area contributed by atoms with Crippen LogP contribution in [-0.2, 0) is 0 Å². The van der Waals surface area contributed by atoms with Crippen LogP contribution in [0.25, 0.3) is 0 Å². The van der Waals surface area contributed by atoms with Crippen LogP contribution in [0.15, 0.2) is 18.2 Å². The predicted octanol–water partition coefficient (Wildman–Crippen LogP) is 2.93. The number of hydrogen-bond donors (Lipinski definition) is 1. The number of piperazine rings is 1. The molecule has 120 valence electrons. The fourth-order valence-electron chi connectivity index (χ4n) is 3.23. The summed E-state index contributed by atoms with van der Waals surface area (Å²) < 4.78 is 0. The predicted molar refractivity (Wildman–Crippen MR) is 90.4 cm³/mol. The first-order valence-corrected chi connectivity index (χ1v) is 8.43. The van der Waals surface area contributed by atoms with E-state index in [2.05, 4.69) is 49.2 Å². The van der Waals surface area contributed by atoms with Gasteiger partial charge < -0.3 is 15.1 Å². The van der Waals surface area contributed by atoms with Gasteiger partial charge in [0.2, 0.25) is 0 Å². The largest absolute Gasteiger partial charge is 0.368 e. The van der Waals surface area contributed by atoms with E-state index >= 15 is 0 Å². The molecule has 1 saturated heterocycles. The van der Waals surface area contributed by atoms with Gasteiger partial charge in [-0.15, -0.1) is 0 Å². The SMILES string of the molecule is Cc1cccc(N2CCN(C(=O)N[C@@H](C)C3CC3)CC2)c1C. The molecule has 0 unspecified atom stereocenters. The molecule has 4 nitrogen and oxygen atoms in total. The van der Waals surface area contributed by atoms with E-state index in [1.807, 2.05) is 4.90 Å². The Balaban J connectivity index is 1.55. The van der Waals surface area contributed by atoms with E-state index < -0.39 is 0 Å². The number of aryl methyl sites for hydroxylation is 1. The van der Waals surface area contributed by atoms with Crippen molar-refractivity contribution in [3.8, 4) is 0 Å². The molecule has 0 spiro atoms. The summed E-state index contributed by atoms with van der Waals surface area (Å²) in [4.78, 5) is 16.7. The Hall–Kier alpha value is -1.71. The Morgan fingerprint density at radius 1 is 1.18 bits per heavy atom. The summed E-state index contributed by atoms with van der Waals surface area (Å²) in [6, 6.07) is 6.90. The molecule has 2 aliphatic rings. The maximum absolute atomic E-state index is 12.3. The third kappa shape index (κ3) is 3.21. The summed E-state index contributed by atoms with van der Waals surface area (Å²) in [5, 5.41) is 3.16. The summed E-state index contributed by atoms with van der Waals surface area (Å²) in [6.45, 7) is 9.89. The fraction of sp³-hybridized carbons (Fsp3) is 0.611. The second kappa shape index (κ2) is 6.19. The van der Waals surface area contributed by atoms with Gasteiger partial charge in [-0.25, -0.2) is 4.79 Å². The monoisotopic (exact) mass is 301 g/mol. The number of hydrogen-bond acceptors (Lipinski definition) is 2. The molecule has 1 aromatic carbocycles. The number of benzene rings is 1. The van der Waals surface area contributed by atoms with E-state index in [4.69, 9.17) is 0 Å².